The van der Waals surface area contributed by atoms with Crippen LogP contribution >= 0.6 is 0 Å². The third-order valence-corrected chi connectivity index (χ3v) is 1.12. The summed E-state index contributed by atoms with van der Waals surface area (Å²) in [5.41, 5.74) is 5.65. The third-order valence-electron chi connectivity index (χ3n) is 1.12. The zero-order valence-corrected chi connectivity index (χ0v) is 6.46. The van der Waals surface area contributed by atoms with Crippen LogP contribution in [0, 0.1) is 0 Å². The summed E-state index contributed by atoms with van der Waals surface area (Å²) in [4.78, 5) is 0. The van der Waals surface area contributed by atoms with E-state index in [2.05, 4.69) is 10.9 Å². The van der Waals surface area contributed by atoms with Crippen molar-refractivity contribution >= 4 is 0 Å². The molecule has 0 aliphatic carbocycles. The standard InChI is InChI=1S/C6H16N2O2/c1-5(3-9)7-8-6(2)4-10/h5-10H,3-4H2,1-2H3. The summed E-state index contributed by atoms with van der Waals surface area (Å²) >= 11 is 0. The summed E-state index contributed by atoms with van der Waals surface area (Å²) in [6, 6.07) is 0.0444. The van der Waals surface area contributed by atoms with Crippen LogP contribution < -0.4 is 10.9 Å². The van der Waals surface area contributed by atoms with Gasteiger partial charge in [-0.15, -0.1) is 0 Å². The molecule has 0 aromatic rings. The smallest absolute Gasteiger partial charge is 0.0595 e. The van der Waals surface area contributed by atoms with Crippen LogP contribution in [-0.4, -0.2) is 35.5 Å². The second kappa shape index (κ2) is 5.61. The van der Waals surface area contributed by atoms with Gasteiger partial charge in [0.2, 0.25) is 0 Å². The van der Waals surface area contributed by atoms with Gasteiger partial charge in [-0.2, -0.15) is 0 Å². The molecule has 0 saturated carbocycles. The molecule has 62 valence electrons. The summed E-state index contributed by atoms with van der Waals surface area (Å²) in [7, 11) is 0. The molecule has 0 rings (SSSR count). The average Bonchev–Trinajstić information content (AvgIpc) is 1.99. The maximum absolute atomic E-state index is 8.56. The maximum Gasteiger partial charge on any atom is 0.0595 e. The first-order chi connectivity index (χ1) is 4.70. The Morgan fingerprint density at radius 3 is 1.50 bits per heavy atom. The van der Waals surface area contributed by atoms with Gasteiger partial charge >= 0.3 is 0 Å². The van der Waals surface area contributed by atoms with Crippen LogP contribution in [0.3, 0.4) is 0 Å². The molecular formula is C6H16N2O2. The van der Waals surface area contributed by atoms with Crippen molar-refractivity contribution in [2.75, 3.05) is 13.2 Å². The van der Waals surface area contributed by atoms with E-state index in [-0.39, 0.29) is 25.3 Å². The number of hydrogen-bond acceptors (Lipinski definition) is 4. The van der Waals surface area contributed by atoms with Crippen LogP contribution in [0.1, 0.15) is 13.8 Å². The van der Waals surface area contributed by atoms with E-state index in [0.29, 0.717) is 0 Å². The van der Waals surface area contributed by atoms with E-state index in [1.807, 2.05) is 13.8 Å². The highest BCUT2D eigenvalue weighted by Crippen LogP contribution is 1.77. The molecule has 0 fully saturated rings. The first-order valence-electron chi connectivity index (χ1n) is 3.43. The lowest BCUT2D eigenvalue weighted by molar-refractivity contribution is 0.203. The first kappa shape index (κ1) is 9.84. The van der Waals surface area contributed by atoms with E-state index in [4.69, 9.17) is 10.2 Å². The summed E-state index contributed by atoms with van der Waals surface area (Å²) in [6.07, 6.45) is 0. The molecular weight excluding hydrogens is 132 g/mol. The summed E-state index contributed by atoms with van der Waals surface area (Å²) in [6.45, 7) is 3.87. The zero-order valence-electron chi connectivity index (χ0n) is 6.46. The Morgan fingerprint density at radius 1 is 1.00 bits per heavy atom. The van der Waals surface area contributed by atoms with Gasteiger partial charge in [0.15, 0.2) is 0 Å². The molecule has 4 heteroatoms. The van der Waals surface area contributed by atoms with Gasteiger partial charge in [0.1, 0.15) is 0 Å². The average molecular weight is 148 g/mol. The van der Waals surface area contributed by atoms with Gasteiger partial charge in [-0.3, -0.25) is 10.9 Å². The third kappa shape index (κ3) is 4.69. The molecule has 0 amide bonds. The lowest BCUT2D eigenvalue weighted by atomic mass is 10.4. The highest BCUT2D eigenvalue weighted by molar-refractivity contribution is 4.58. The van der Waals surface area contributed by atoms with Crippen molar-refractivity contribution in [1.29, 1.82) is 0 Å². The molecule has 0 aliphatic heterocycles. The quantitative estimate of drug-likeness (QED) is 0.371. The fourth-order valence-electron chi connectivity index (χ4n) is 0.376. The minimum atomic E-state index is 0.0222. The number of rotatable bonds is 5. The minimum Gasteiger partial charge on any atom is -0.395 e. The lowest BCUT2D eigenvalue weighted by Gasteiger charge is -2.15. The van der Waals surface area contributed by atoms with Gasteiger partial charge in [-0.1, -0.05) is 0 Å². The molecule has 2 unspecified atom stereocenters. The number of hydrazine groups is 1. The van der Waals surface area contributed by atoms with E-state index in [1.165, 1.54) is 0 Å². The van der Waals surface area contributed by atoms with Gasteiger partial charge in [0.25, 0.3) is 0 Å². The minimum absolute atomic E-state index is 0.0222. The van der Waals surface area contributed by atoms with Crippen molar-refractivity contribution in [2.24, 2.45) is 0 Å². The largest absolute Gasteiger partial charge is 0.395 e. The Labute approximate surface area is 61.2 Å². The van der Waals surface area contributed by atoms with E-state index in [0.717, 1.165) is 0 Å². The fourth-order valence-corrected chi connectivity index (χ4v) is 0.376. The Hall–Kier alpha value is -0.160. The number of aliphatic hydroxyl groups is 2. The molecule has 10 heavy (non-hydrogen) atoms. The molecule has 0 aromatic carbocycles. The Balaban J connectivity index is 3.17. The van der Waals surface area contributed by atoms with Gasteiger partial charge in [0.05, 0.1) is 13.2 Å². The summed E-state index contributed by atoms with van der Waals surface area (Å²) in [5, 5.41) is 17.1. The highest BCUT2D eigenvalue weighted by Gasteiger charge is 2.00. The molecule has 0 spiro atoms. The van der Waals surface area contributed by atoms with Crippen LogP contribution in [-0.2, 0) is 0 Å². The number of nitrogens with one attached hydrogen (secondary N) is 2. The Morgan fingerprint density at radius 2 is 1.30 bits per heavy atom. The van der Waals surface area contributed by atoms with Crippen LogP contribution in [0.5, 0.6) is 0 Å². The maximum atomic E-state index is 8.56. The van der Waals surface area contributed by atoms with Crippen molar-refractivity contribution in [3.8, 4) is 0 Å². The van der Waals surface area contributed by atoms with E-state index in [1.54, 1.807) is 0 Å². The molecule has 4 N–H and O–H groups in total. The van der Waals surface area contributed by atoms with Gasteiger partial charge in [0, 0.05) is 12.1 Å². The molecule has 2 atom stereocenters. The van der Waals surface area contributed by atoms with E-state index >= 15 is 0 Å². The molecule has 0 saturated heterocycles. The Bertz CT molecular complexity index is 70.1. The predicted octanol–water partition coefficient (Wildman–Crippen LogP) is -1.16. The molecule has 0 heterocycles. The monoisotopic (exact) mass is 148 g/mol. The number of aliphatic hydroxyl groups excluding tert-OH is 2. The van der Waals surface area contributed by atoms with Crippen molar-refractivity contribution in [2.45, 2.75) is 25.9 Å². The lowest BCUT2D eigenvalue weighted by Crippen LogP contribution is -2.46. The van der Waals surface area contributed by atoms with Crippen molar-refractivity contribution < 1.29 is 10.2 Å². The van der Waals surface area contributed by atoms with E-state index in [9.17, 15) is 0 Å². The predicted molar refractivity (Wildman–Crippen MR) is 39.4 cm³/mol. The van der Waals surface area contributed by atoms with Crippen LogP contribution in [0.2, 0.25) is 0 Å². The SMILES string of the molecule is CC(CO)NNC(C)CO. The zero-order chi connectivity index (χ0) is 7.98. The fraction of sp³-hybridized carbons (Fsp3) is 1.00. The molecule has 0 bridgehead atoms. The molecule has 4 nitrogen and oxygen atoms in total. The second-order valence-electron chi connectivity index (χ2n) is 2.46. The molecule has 0 aliphatic rings. The first-order valence-corrected chi connectivity index (χ1v) is 3.43. The van der Waals surface area contributed by atoms with Crippen molar-refractivity contribution in [1.82, 2.24) is 10.9 Å². The molecule has 0 aromatic heterocycles. The van der Waals surface area contributed by atoms with E-state index < -0.39 is 0 Å². The second-order valence-corrected chi connectivity index (χ2v) is 2.46. The number of hydrogen-bond donors (Lipinski definition) is 4. The highest BCUT2D eigenvalue weighted by atomic mass is 16.3. The molecule has 0 radical (unpaired) electrons. The van der Waals surface area contributed by atoms with Crippen molar-refractivity contribution in [3.05, 3.63) is 0 Å². The normalized spacial score (nSPS) is 16.8. The summed E-state index contributed by atoms with van der Waals surface area (Å²) in [5.74, 6) is 0. The Kier molecular flexibility index (Phi) is 5.52. The van der Waals surface area contributed by atoms with Crippen LogP contribution in [0.25, 0.3) is 0 Å². The van der Waals surface area contributed by atoms with Gasteiger partial charge < -0.3 is 10.2 Å². The van der Waals surface area contributed by atoms with Crippen molar-refractivity contribution in [3.63, 3.8) is 0 Å². The topological polar surface area (TPSA) is 64.5 Å². The van der Waals surface area contributed by atoms with Gasteiger partial charge in [-0.25, -0.2) is 0 Å². The van der Waals surface area contributed by atoms with Gasteiger partial charge in [-0.05, 0) is 13.8 Å². The summed E-state index contributed by atoms with van der Waals surface area (Å²) < 4.78 is 0. The van der Waals surface area contributed by atoms with Crippen LogP contribution in [0.4, 0.5) is 0 Å². The van der Waals surface area contributed by atoms with Crippen LogP contribution in [0.15, 0.2) is 0 Å².